The fraction of sp³-hybridized carbons (Fsp3) is 0.467. The van der Waals surface area contributed by atoms with Gasteiger partial charge in [-0.15, -0.1) is 0 Å². The molecule has 0 spiro atoms. The maximum atomic E-state index is 11.6. The van der Waals surface area contributed by atoms with Crippen molar-refractivity contribution in [2.24, 2.45) is 5.92 Å². The molecular formula is C15H23N3O3. The van der Waals surface area contributed by atoms with E-state index in [1.807, 2.05) is 25.1 Å². The van der Waals surface area contributed by atoms with Crippen LogP contribution in [0.1, 0.15) is 19.8 Å². The number of benzene rings is 1. The van der Waals surface area contributed by atoms with Gasteiger partial charge < -0.3 is 21.1 Å². The third-order valence-electron chi connectivity index (χ3n) is 3.14. The lowest BCUT2D eigenvalue weighted by molar-refractivity contribution is -0.120. The van der Waals surface area contributed by atoms with E-state index in [4.69, 9.17) is 5.11 Å². The van der Waals surface area contributed by atoms with Crippen LogP contribution < -0.4 is 16.0 Å². The van der Waals surface area contributed by atoms with E-state index < -0.39 is 6.03 Å². The molecule has 1 unspecified atom stereocenters. The van der Waals surface area contributed by atoms with Crippen LogP contribution in [0.4, 0.5) is 10.5 Å². The Labute approximate surface area is 124 Å². The Morgan fingerprint density at radius 2 is 1.90 bits per heavy atom. The van der Waals surface area contributed by atoms with Crippen LogP contribution in [0.3, 0.4) is 0 Å². The van der Waals surface area contributed by atoms with E-state index in [0.29, 0.717) is 18.7 Å². The fourth-order valence-corrected chi connectivity index (χ4v) is 1.81. The molecule has 1 atom stereocenters. The van der Waals surface area contributed by atoms with Crippen molar-refractivity contribution >= 4 is 17.6 Å². The van der Waals surface area contributed by atoms with Crippen LogP contribution >= 0.6 is 0 Å². The predicted octanol–water partition coefficient (Wildman–Crippen LogP) is 1.33. The van der Waals surface area contributed by atoms with Crippen LogP contribution in [0, 0.1) is 5.92 Å². The molecule has 6 nitrogen and oxygen atoms in total. The SMILES string of the molecule is CCC(CCO)CNC(=O)CNC(=O)Nc1ccccc1. The van der Waals surface area contributed by atoms with Gasteiger partial charge in [0.2, 0.25) is 5.91 Å². The highest BCUT2D eigenvalue weighted by atomic mass is 16.3. The van der Waals surface area contributed by atoms with Crippen LogP contribution in [0.5, 0.6) is 0 Å². The number of aliphatic hydroxyl groups excluding tert-OH is 1. The molecule has 1 aromatic carbocycles. The first-order chi connectivity index (χ1) is 10.2. The van der Waals surface area contributed by atoms with E-state index in [0.717, 1.165) is 6.42 Å². The number of hydrogen-bond donors (Lipinski definition) is 4. The lowest BCUT2D eigenvalue weighted by Gasteiger charge is -2.14. The molecule has 3 amide bonds. The van der Waals surface area contributed by atoms with Crippen LogP contribution in [-0.2, 0) is 4.79 Å². The van der Waals surface area contributed by atoms with Gasteiger partial charge in [0.1, 0.15) is 0 Å². The zero-order valence-electron chi connectivity index (χ0n) is 12.3. The van der Waals surface area contributed by atoms with Gasteiger partial charge in [-0.3, -0.25) is 4.79 Å². The lowest BCUT2D eigenvalue weighted by Crippen LogP contribution is -2.40. The minimum atomic E-state index is -0.418. The van der Waals surface area contributed by atoms with E-state index >= 15 is 0 Å². The lowest BCUT2D eigenvalue weighted by atomic mass is 10.0. The summed E-state index contributed by atoms with van der Waals surface area (Å²) >= 11 is 0. The molecule has 4 N–H and O–H groups in total. The highest BCUT2D eigenvalue weighted by molar-refractivity contribution is 5.92. The highest BCUT2D eigenvalue weighted by Crippen LogP contribution is 2.05. The molecule has 116 valence electrons. The van der Waals surface area contributed by atoms with Gasteiger partial charge in [0.25, 0.3) is 0 Å². The molecule has 0 aromatic heterocycles. The maximum absolute atomic E-state index is 11.6. The Balaban J connectivity index is 2.21. The van der Waals surface area contributed by atoms with Crippen molar-refractivity contribution in [1.29, 1.82) is 0 Å². The van der Waals surface area contributed by atoms with Crippen LogP contribution in [0.15, 0.2) is 30.3 Å². The molecule has 0 fully saturated rings. The van der Waals surface area contributed by atoms with Gasteiger partial charge in [0.15, 0.2) is 0 Å². The Hall–Kier alpha value is -2.08. The normalized spacial score (nSPS) is 11.5. The van der Waals surface area contributed by atoms with Crippen molar-refractivity contribution in [3.8, 4) is 0 Å². The second kappa shape index (κ2) is 9.77. The molecule has 1 aromatic rings. The summed E-state index contributed by atoms with van der Waals surface area (Å²) < 4.78 is 0. The topological polar surface area (TPSA) is 90.5 Å². The van der Waals surface area contributed by atoms with Gasteiger partial charge in [-0.2, -0.15) is 0 Å². The number of nitrogens with one attached hydrogen (secondary N) is 3. The van der Waals surface area contributed by atoms with Crippen molar-refractivity contribution < 1.29 is 14.7 Å². The molecule has 0 aliphatic carbocycles. The molecule has 0 heterocycles. The van der Waals surface area contributed by atoms with Gasteiger partial charge in [-0.25, -0.2) is 4.79 Å². The second-order valence-corrected chi connectivity index (χ2v) is 4.76. The molecular weight excluding hydrogens is 270 g/mol. The molecule has 0 bridgehead atoms. The smallest absolute Gasteiger partial charge is 0.319 e. The summed E-state index contributed by atoms with van der Waals surface area (Å²) in [7, 11) is 0. The summed E-state index contributed by atoms with van der Waals surface area (Å²) in [5, 5.41) is 16.7. The number of aliphatic hydroxyl groups is 1. The summed E-state index contributed by atoms with van der Waals surface area (Å²) in [5.41, 5.74) is 0.671. The minimum Gasteiger partial charge on any atom is -0.396 e. The van der Waals surface area contributed by atoms with Crippen molar-refractivity contribution in [1.82, 2.24) is 10.6 Å². The van der Waals surface area contributed by atoms with Crippen molar-refractivity contribution in [3.63, 3.8) is 0 Å². The first kappa shape index (κ1) is 17.0. The molecule has 1 rings (SSSR count). The monoisotopic (exact) mass is 293 g/mol. The van der Waals surface area contributed by atoms with Crippen LogP contribution in [0.25, 0.3) is 0 Å². The quantitative estimate of drug-likeness (QED) is 0.583. The Bertz CT molecular complexity index is 437. The van der Waals surface area contributed by atoms with Gasteiger partial charge in [-0.1, -0.05) is 31.5 Å². The average molecular weight is 293 g/mol. The standard InChI is InChI=1S/C15H23N3O3/c1-2-12(8-9-19)10-16-14(20)11-17-15(21)18-13-6-4-3-5-7-13/h3-7,12,19H,2,8-11H2,1H3,(H,16,20)(H2,17,18,21). The predicted molar refractivity (Wildman–Crippen MR) is 82.0 cm³/mol. The zero-order valence-corrected chi connectivity index (χ0v) is 12.3. The number of urea groups is 1. The minimum absolute atomic E-state index is 0.0752. The summed E-state index contributed by atoms with van der Waals surface area (Å²) in [6, 6.07) is 8.59. The summed E-state index contributed by atoms with van der Waals surface area (Å²) in [6.45, 7) is 2.57. The average Bonchev–Trinajstić information content (AvgIpc) is 2.50. The Kier molecular flexibility index (Phi) is 7.89. The Morgan fingerprint density at radius 1 is 1.19 bits per heavy atom. The van der Waals surface area contributed by atoms with Gasteiger partial charge >= 0.3 is 6.03 Å². The fourth-order valence-electron chi connectivity index (χ4n) is 1.81. The molecule has 0 saturated heterocycles. The van der Waals surface area contributed by atoms with Gasteiger partial charge in [-0.05, 0) is 24.5 Å². The van der Waals surface area contributed by atoms with E-state index in [1.165, 1.54) is 0 Å². The molecule has 0 aliphatic heterocycles. The third-order valence-corrected chi connectivity index (χ3v) is 3.14. The van der Waals surface area contributed by atoms with Crippen LogP contribution in [0.2, 0.25) is 0 Å². The molecule has 0 saturated carbocycles. The van der Waals surface area contributed by atoms with Crippen LogP contribution in [-0.4, -0.2) is 36.7 Å². The maximum Gasteiger partial charge on any atom is 0.319 e. The number of para-hydroxylation sites is 1. The van der Waals surface area contributed by atoms with Gasteiger partial charge in [0.05, 0.1) is 6.54 Å². The number of anilines is 1. The van der Waals surface area contributed by atoms with Crippen molar-refractivity contribution in [2.45, 2.75) is 19.8 Å². The van der Waals surface area contributed by atoms with Crippen molar-refractivity contribution in [3.05, 3.63) is 30.3 Å². The third kappa shape index (κ3) is 7.31. The first-order valence-electron chi connectivity index (χ1n) is 7.13. The highest BCUT2D eigenvalue weighted by Gasteiger charge is 2.09. The molecule has 0 radical (unpaired) electrons. The number of hydrogen-bond acceptors (Lipinski definition) is 3. The first-order valence-corrected chi connectivity index (χ1v) is 7.13. The van der Waals surface area contributed by atoms with E-state index in [-0.39, 0.29) is 25.0 Å². The molecule has 0 aliphatic rings. The number of carbonyl (C=O) groups is 2. The zero-order chi connectivity index (χ0) is 15.5. The summed E-state index contributed by atoms with van der Waals surface area (Å²) in [4.78, 5) is 23.2. The van der Waals surface area contributed by atoms with E-state index in [2.05, 4.69) is 16.0 Å². The van der Waals surface area contributed by atoms with E-state index in [9.17, 15) is 9.59 Å². The summed E-state index contributed by atoms with van der Waals surface area (Å²) in [5.74, 6) is 0.0201. The number of carbonyl (C=O) groups excluding carboxylic acids is 2. The molecule has 21 heavy (non-hydrogen) atoms. The number of amides is 3. The Morgan fingerprint density at radius 3 is 2.52 bits per heavy atom. The summed E-state index contributed by atoms with van der Waals surface area (Å²) in [6.07, 6.45) is 1.56. The number of rotatable bonds is 8. The van der Waals surface area contributed by atoms with Gasteiger partial charge in [0, 0.05) is 18.8 Å². The molecule has 6 heteroatoms. The second-order valence-electron chi connectivity index (χ2n) is 4.76. The van der Waals surface area contributed by atoms with E-state index in [1.54, 1.807) is 12.1 Å². The largest absolute Gasteiger partial charge is 0.396 e. The van der Waals surface area contributed by atoms with Crippen molar-refractivity contribution in [2.75, 3.05) is 25.0 Å².